The van der Waals surface area contributed by atoms with Crippen LogP contribution in [0.2, 0.25) is 0 Å². The molecular formula is C17H25NO5. The van der Waals surface area contributed by atoms with Crippen molar-refractivity contribution in [2.75, 3.05) is 13.7 Å². The van der Waals surface area contributed by atoms with Gasteiger partial charge in [0.25, 0.3) is 0 Å². The number of carbonyl (C=O) groups is 2. The summed E-state index contributed by atoms with van der Waals surface area (Å²) >= 11 is 0. The molecule has 128 valence electrons. The van der Waals surface area contributed by atoms with Crippen LogP contribution < -0.4 is 14.8 Å². The van der Waals surface area contributed by atoms with Gasteiger partial charge in [0.2, 0.25) is 5.91 Å². The van der Waals surface area contributed by atoms with Crippen molar-refractivity contribution in [3.63, 3.8) is 0 Å². The van der Waals surface area contributed by atoms with Gasteiger partial charge in [-0.2, -0.15) is 0 Å². The van der Waals surface area contributed by atoms with Gasteiger partial charge in [-0.05, 0) is 36.6 Å². The highest BCUT2D eigenvalue weighted by Crippen LogP contribution is 2.17. The number of carboxylic acids is 1. The van der Waals surface area contributed by atoms with E-state index in [1.54, 1.807) is 31.4 Å². The van der Waals surface area contributed by atoms with E-state index >= 15 is 0 Å². The minimum atomic E-state index is -0.998. The van der Waals surface area contributed by atoms with Crippen molar-refractivity contribution >= 4 is 11.9 Å². The van der Waals surface area contributed by atoms with Crippen LogP contribution in [0.1, 0.15) is 33.1 Å². The number of nitrogens with one attached hydrogen (secondary N) is 1. The summed E-state index contributed by atoms with van der Waals surface area (Å²) in [5.74, 6) is 0.0842. The van der Waals surface area contributed by atoms with Crippen LogP contribution >= 0.6 is 0 Å². The lowest BCUT2D eigenvalue weighted by Gasteiger charge is -2.20. The summed E-state index contributed by atoms with van der Waals surface area (Å²) in [7, 11) is 1.60. The molecule has 1 amide bonds. The Labute approximate surface area is 136 Å². The minimum Gasteiger partial charge on any atom is -0.497 e. The maximum atomic E-state index is 11.8. The van der Waals surface area contributed by atoms with E-state index in [2.05, 4.69) is 5.32 Å². The van der Waals surface area contributed by atoms with Crippen LogP contribution in [0.4, 0.5) is 0 Å². The number of benzene rings is 1. The molecule has 1 rings (SSSR count). The molecule has 6 heteroatoms. The zero-order valence-corrected chi connectivity index (χ0v) is 13.9. The van der Waals surface area contributed by atoms with Crippen LogP contribution in [0.3, 0.4) is 0 Å². The van der Waals surface area contributed by atoms with Gasteiger partial charge < -0.3 is 19.9 Å². The summed E-state index contributed by atoms with van der Waals surface area (Å²) in [6.07, 6.45) is 1.44. The Morgan fingerprint density at radius 2 is 1.83 bits per heavy atom. The van der Waals surface area contributed by atoms with Crippen molar-refractivity contribution in [1.82, 2.24) is 5.32 Å². The number of ether oxygens (including phenoxy) is 2. The number of hydrogen-bond acceptors (Lipinski definition) is 4. The fourth-order valence-corrected chi connectivity index (χ4v) is 2.02. The Hall–Kier alpha value is -2.24. The van der Waals surface area contributed by atoms with Crippen molar-refractivity contribution in [3.8, 4) is 11.5 Å². The van der Waals surface area contributed by atoms with E-state index in [0.29, 0.717) is 25.2 Å². The summed E-state index contributed by atoms with van der Waals surface area (Å²) < 4.78 is 10.6. The Bertz CT molecular complexity index is 500. The van der Waals surface area contributed by atoms with Gasteiger partial charge in [0, 0.05) is 6.42 Å². The van der Waals surface area contributed by atoms with E-state index in [1.165, 1.54) is 0 Å². The Morgan fingerprint density at radius 1 is 1.22 bits per heavy atom. The lowest BCUT2D eigenvalue weighted by molar-refractivity contribution is -0.143. The number of rotatable bonds is 10. The van der Waals surface area contributed by atoms with Crippen LogP contribution in [0.5, 0.6) is 11.5 Å². The Kier molecular flexibility index (Phi) is 7.94. The van der Waals surface area contributed by atoms with Gasteiger partial charge in [-0.15, -0.1) is 0 Å². The molecule has 0 saturated carbocycles. The fourth-order valence-electron chi connectivity index (χ4n) is 2.02. The number of methoxy groups -OCH3 is 1. The zero-order chi connectivity index (χ0) is 17.2. The Balaban J connectivity index is 2.31. The molecule has 2 N–H and O–H groups in total. The second kappa shape index (κ2) is 9.71. The third-order valence-electron chi connectivity index (χ3n) is 3.67. The molecule has 0 radical (unpaired) electrons. The van der Waals surface area contributed by atoms with E-state index in [-0.39, 0.29) is 18.2 Å². The molecule has 0 aliphatic rings. The summed E-state index contributed by atoms with van der Waals surface area (Å²) in [4.78, 5) is 23.0. The summed E-state index contributed by atoms with van der Waals surface area (Å²) in [6.45, 7) is 4.10. The third-order valence-corrected chi connectivity index (χ3v) is 3.67. The molecule has 1 aromatic carbocycles. The molecule has 2 atom stereocenters. The SMILES string of the molecule is CC[C@H](C)[C@H](NC(=O)CCCOc1ccc(OC)cc1)C(=O)O. The van der Waals surface area contributed by atoms with E-state index in [9.17, 15) is 9.59 Å². The molecule has 23 heavy (non-hydrogen) atoms. The van der Waals surface area contributed by atoms with E-state index < -0.39 is 12.0 Å². The van der Waals surface area contributed by atoms with Crippen molar-refractivity contribution < 1.29 is 24.2 Å². The summed E-state index contributed by atoms with van der Waals surface area (Å²) in [6, 6.07) is 6.34. The first-order valence-electron chi connectivity index (χ1n) is 7.77. The molecule has 0 spiro atoms. The third kappa shape index (κ3) is 6.59. The lowest BCUT2D eigenvalue weighted by atomic mass is 9.99. The smallest absolute Gasteiger partial charge is 0.326 e. The molecular weight excluding hydrogens is 298 g/mol. The van der Waals surface area contributed by atoms with Gasteiger partial charge in [-0.3, -0.25) is 4.79 Å². The number of hydrogen-bond donors (Lipinski definition) is 2. The normalized spacial score (nSPS) is 13.0. The predicted octanol–water partition coefficient (Wildman–Crippen LogP) is 2.47. The van der Waals surface area contributed by atoms with Crippen molar-refractivity contribution in [1.29, 1.82) is 0 Å². The van der Waals surface area contributed by atoms with E-state index in [0.717, 1.165) is 5.75 Å². The molecule has 0 saturated heterocycles. The highest BCUT2D eigenvalue weighted by Gasteiger charge is 2.24. The van der Waals surface area contributed by atoms with Crippen molar-refractivity contribution in [2.24, 2.45) is 5.92 Å². The summed E-state index contributed by atoms with van der Waals surface area (Å²) in [5.41, 5.74) is 0. The monoisotopic (exact) mass is 323 g/mol. The molecule has 0 unspecified atom stereocenters. The molecule has 6 nitrogen and oxygen atoms in total. The highest BCUT2D eigenvalue weighted by atomic mass is 16.5. The van der Waals surface area contributed by atoms with Crippen molar-refractivity contribution in [2.45, 2.75) is 39.2 Å². The first kappa shape index (κ1) is 18.8. The second-order valence-corrected chi connectivity index (χ2v) is 5.40. The van der Waals surface area contributed by atoms with Crippen LogP contribution in [0, 0.1) is 5.92 Å². The molecule has 0 aliphatic heterocycles. The standard InChI is InChI=1S/C17H25NO5/c1-4-12(2)16(17(20)21)18-15(19)6-5-11-23-14-9-7-13(22-3)8-10-14/h7-10,12,16H,4-6,11H2,1-3H3,(H,18,19)(H,20,21)/t12-,16-/m0/s1. The van der Waals surface area contributed by atoms with Crippen LogP contribution in [0.25, 0.3) is 0 Å². The zero-order valence-electron chi connectivity index (χ0n) is 13.9. The van der Waals surface area contributed by atoms with Gasteiger partial charge in [0.15, 0.2) is 0 Å². The van der Waals surface area contributed by atoms with Crippen LogP contribution in [-0.2, 0) is 9.59 Å². The summed E-state index contributed by atoms with van der Waals surface area (Å²) in [5, 5.41) is 11.7. The van der Waals surface area contributed by atoms with E-state index in [4.69, 9.17) is 14.6 Å². The number of amides is 1. The number of carbonyl (C=O) groups excluding carboxylic acids is 1. The molecule has 1 aromatic rings. The second-order valence-electron chi connectivity index (χ2n) is 5.40. The molecule has 0 bridgehead atoms. The average Bonchev–Trinajstić information content (AvgIpc) is 2.56. The molecule has 0 heterocycles. The maximum absolute atomic E-state index is 11.8. The number of aliphatic carboxylic acids is 1. The van der Waals surface area contributed by atoms with Gasteiger partial charge in [-0.25, -0.2) is 4.79 Å². The molecule has 0 fully saturated rings. The largest absolute Gasteiger partial charge is 0.497 e. The van der Waals surface area contributed by atoms with Gasteiger partial charge in [0.1, 0.15) is 17.5 Å². The quantitative estimate of drug-likeness (QED) is 0.646. The first-order chi connectivity index (χ1) is 11.0. The fraction of sp³-hybridized carbons (Fsp3) is 0.529. The van der Waals surface area contributed by atoms with Crippen molar-refractivity contribution in [3.05, 3.63) is 24.3 Å². The van der Waals surface area contributed by atoms with E-state index in [1.807, 2.05) is 13.8 Å². The number of carboxylic acid groups (broad SMARTS) is 1. The van der Waals surface area contributed by atoms with Crippen LogP contribution in [0.15, 0.2) is 24.3 Å². The molecule has 0 aromatic heterocycles. The van der Waals surface area contributed by atoms with Gasteiger partial charge in [0.05, 0.1) is 13.7 Å². The average molecular weight is 323 g/mol. The topological polar surface area (TPSA) is 84.9 Å². The predicted molar refractivity (Wildman–Crippen MR) is 86.7 cm³/mol. The lowest BCUT2D eigenvalue weighted by Crippen LogP contribution is -2.45. The van der Waals surface area contributed by atoms with Gasteiger partial charge >= 0.3 is 5.97 Å². The first-order valence-corrected chi connectivity index (χ1v) is 7.77. The van der Waals surface area contributed by atoms with Gasteiger partial charge in [-0.1, -0.05) is 20.3 Å². The molecule has 0 aliphatic carbocycles. The highest BCUT2D eigenvalue weighted by molar-refractivity contribution is 5.83. The minimum absolute atomic E-state index is 0.105. The Morgan fingerprint density at radius 3 is 2.35 bits per heavy atom. The maximum Gasteiger partial charge on any atom is 0.326 e. The van der Waals surface area contributed by atoms with Crippen LogP contribution in [-0.4, -0.2) is 36.7 Å².